The highest BCUT2D eigenvalue weighted by Crippen LogP contribution is 2.26. The van der Waals surface area contributed by atoms with Crippen LogP contribution in [0.3, 0.4) is 0 Å². The van der Waals surface area contributed by atoms with Gasteiger partial charge in [0.15, 0.2) is 0 Å². The normalized spacial score (nSPS) is 20.8. The lowest BCUT2D eigenvalue weighted by atomic mass is 10.00. The Balaban J connectivity index is 0.00000264. The van der Waals surface area contributed by atoms with Crippen LogP contribution in [0.25, 0.3) is 0 Å². The van der Waals surface area contributed by atoms with Crippen molar-refractivity contribution in [2.75, 3.05) is 6.54 Å². The first-order chi connectivity index (χ1) is 10.4. The van der Waals surface area contributed by atoms with Gasteiger partial charge in [-0.25, -0.2) is 13.6 Å². The maximum absolute atomic E-state index is 11.9. The molecule has 2 rings (SSSR count). The summed E-state index contributed by atoms with van der Waals surface area (Å²) in [6.07, 6.45) is 4.28. The first-order valence-corrected chi connectivity index (χ1v) is 9.05. The van der Waals surface area contributed by atoms with Gasteiger partial charge in [-0.1, -0.05) is 18.6 Å². The molecule has 0 saturated heterocycles. The minimum Gasteiger partial charge on any atom is -0.356 e. The summed E-state index contributed by atoms with van der Waals surface area (Å²) in [5.74, 6) is 0.331. The van der Waals surface area contributed by atoms with E-state index in [0.29, 0.717) is 25.3 Å². The maximum atomic E-state index is 11.9. The zero-order chi connectivity index (χ0) is 16.2. The quantitative estimate of drug-likeness (QED) is 0.699. The van der Waals surface area contributed by atoms with Gasteiger partial charge in [0.2, 0.25) is 15.9 Å². The third-order valence-electron chi connectivity index (χ3n) is 4.15. The fourth-order valence-corrected chi connectivity index (χ4v) is 3.34. The molecule has 1 fully saturated rings. The third-order valence-corrected chi connectivity index (χ3v) is 5.08. The molecule has 0 aliphatic heterocycles. The molecule has 0 unspecified atom stereocenters. The van der Waals surface area contributed by atoms with Gasteiger partial charge >= 0.3 is 0 Å². The van der Waals surface area contributed by atoms with Crippen LogP contribution in [0.2, 0.25) is 0 Å². The molecule has 6 nitrogen and oxygen atoms in total. The average molecular weight is 362 g/mol. The Morgan fingerprint density at radius 1 is 1.22 bits per heavy atom. The van der Waals surface area contributed by atoms with Gasteiger partial charge in [-0.2, -0.15) is 0 Å². The molecule has 1 aromatic carbocycles. The number of benzene rings is 1. The van der Waals surface area contributed by atoms with E-state index in [0.717, 1.165) is 24.8 Å². The Morgan fingerprint density at radius 3 is 2.39 bits per heavy atom. The smallest absolute Gasteiger partial charge is 0.238 e. The van der Waals surface area contributed by atoms with Crippen LogP contribution in [0.5, 0.6) is 0 Å². The van der Waals surface area contributed by atoms with E-state index in [-0.39, 0.29) is 29.3 Å². The monoisotopic (exact) mass is 361 g/mol. The van der Waals surface area contributed by atoms with E-state index >= 15 is 0 Å². The molecule has 0 spiro atoms. The molecule has 0 heterocycles. The SMILES string of the molecule is Cl.N[C@@H]1CCC[C@H]1CC(=O)NCCc1ccc(S(N)(=O)=O)cc1. The summed E-state index contributed by atoms with van der Waals surface area (Å²) in [5.41, 5.74) is 6.91. The third kappa shape index (κ3) is 6.10. The number of carbonyl (C=O) groups excluding carboxylic acids is 1. The molecule has 1 aliphatic rings. The molecule has 1 saturated carbocycles. The van der Waals surface area contributed by atoms with Gasteiger partial charge in [0.1, 0.15) is 0 Å². The largest absolute Gasteiger partial charge is 0.356 e. The van der Waals surface area contributed by atoms with Gasteiger partial charge < -0.3 is 11.1 Å². The number of hydrogen-bond acceptors (Lipinski definition) is 4. The maximum Gasteiger partial charge on any atom is 0.238 e. The minimum atomic E-state index is -3.65. The van der Waals surface area contributed by atoms with Crippen molar-refractivity contribution in [2.45, 2.75) is 43.0 Å². The molecule has 130 valence electrons. The fraction of sp³-hybridized carbons (Fsp3) is 0.533. The standard InChI is InChI=1S/C15H23N3O3S.ClH/c16-14-3-1-2-12(14)10-15(19)18-9-8-11-4-6-13(7-5-11)22(17,20)21;/h4-7,12,14H,1-3,8-10,16H2,(H,18,19)(H2,17,20,21);1H/t12-,14+;/m0./s1. The molecule has 1 aliphatic carbocycles. The second-order valence-corrected chi connectivity index (χ2v) is 7.41. The van der Waals surface area contributed by atoms with E-state index in [9.17, 15) is 13.2 Å². The van der Waals surface area contributed by atoms with Gasteiger partial charge in [-0.05, 0) is 42.9 Å². The van der Waals surface area contributed by atoms with Crippen LogP contribution in [0.1, 0.15) is 31.2 Å². The molecular weight excluding hydrogens is 338 g/mol. The van der Waals surface area contributed by atoms with Crippen molar-refractivity contribution in [3.05, 3.63) is 29.8 Å². The van der Waals surface area contributed by atoms with Crippen LogP contribution < -0.4 is 16.2 Å². The van der Waals surface area contributed by atoms with Crippen molar-refractivity contribution in [3.8, 4) is 0 Å². The number of nitrogens with one attached hydrogen (secondary N) is 1. The van der Waals surface area contributed by atoms with Crippen LogP contribution in [0.15, 0.2) is 29.2 Å². The fourth-order valence-electron chi connectivity index (χ4n) is 2.82. The molecule has 2 atom stereocenters. The molecule has 0 aromatic heterocycles. The number of rotatable bonds is 6. The highest BCUT2D eigenvalue weighted by atomic mass is 35.5. The topological polar surface area (TPSA) is 115 Å². The number of carbonyl (C=O) groups is 1. The number of sulfonamides is 1. The first kappa shape index (κ1) is 19.9. The van der Waals surface area contributed by atoms with Crippen molar-refractivity contribution in [3.63, 3.8) is 0 Å². The number of primary sulfonamides is 1. The highest BCUT2D eigenvalue weighted by Gasteiger charge is 2.25. The average Bonchev–Trinajstić information content (AvgIpc) is 2.84. The summed E-state index contributed by atoms with van der Waals surface area (Å²) < 4.78 is 22.3. The van der Waals surface area contributed by atoms with Crippen LogP contribution in [-0.4, -0.2) is 26.9 Å². The zero-order valence-electron chi connectivity index (χ0n) is 12.9. The lowest BCUT2D eigenvalue weighted by Crippen LogP contribution is -2.32. The van der Waals surface area contributed by atoms with Crippen LogP contribution in [0, 0.1) is 5.92 Å². The Hall–Kier alpha value is -1.15. The number of nitrogens with two attached hydrogens (primary N) is 2. The second kappa shape index (κ2) is 8.63. The van der Waals surface area contributed by atoms with Gasteiger partial charge in [-0.3, -0.25) is 4.79 Å². The Labute approximate surface area is 143 Å². The molecule has 1 aromatic rings. The summed E-state index contributed by atoms with van der Waals surface area (Å²) in [6, 6.07) is 6.52. The van der Waals surface area contributed by atoms with Crippen LogP contribution in [0.4, 0.5) is 0 Å². The van der Waals surface area contributed by atoms with Gasteiger partial charge in [0.05, 0.1) is 4.90 Å². The first-order valence-electron chi connectivity index (χ1n) is 7.50. The van der Waals surface area contributed by atoms with E-state index in [2.05, 4.69) is 5.32 Å². The van der Waals surface area contributed by atoms with Gasteiger partial charge in [0.25, 0.3) is 0 Å². The Morgan fingerprint density at radius 2 is 1.87 bits per heavy atom. The summed E-state index contributed by atoms with van der Waals surface area (Å²) in [4.78, 5) is 12.0. The van der Waals surface area contributed by atoms with Crippen molar-refractivity contribution in [1.29, 1.82) is 0 Å². The number of halogens is 1. The molecule has 5 N–H and O–H groups in total. The molecule has 8 heteroatoms. The van der Waals surface area contributed by atoms with E-state index in [1.165, 1.54) is 12.1 Å². The molecule has 0 radical (unpaired) electrons. The van der Waals surface area contributed by atoms with E-state index in [1.807, 2.05) is 0 Å². The minimum absolute atomic E-state index is 0. The van der Waals surface area contributed by atoms with Crippen molar-refractivity contribution >= 4 is 28.3 Å². The highest BCUT2D eigenvalue weighted by molar-refractivity contribution is 7.89. The van der Waals surface area contributed by atoms with E-state index in [4.69, 9.17) is 10.9 Å². The number of amides is 1. The molecule has 0 bridgehead atoms. The van der Waals surface area contributed by atoms with Crippen molar-refractivity contribution in [2.24, 2.45) is 16.8 Å². The van der Waals surface area contributed by atoms with E-state index < -0.39 is 10.0 Å². The van der Waals surface area contributed by atoms with E-state index in [1.54, 1.807) is 12.1 Å². The second-order valence-electron chi connectivity index (χ2n) is 5.85. The van der Waals surface area contributed by atoms with Gasteiger partial charge in [0, 0.05) is 19.0 Å². The summed E-state index contributed by atoms with van der Waals surface area (Å²) in [7, 11) is -3.65. The Kier molecular flexibility index (Phi) is 7.47. The predicted octanol–water partition coefficient (Wildman–Crippen LogP) is 0.932. The summed E-state index contributed by atoms with van der Waals surface area (Å²) in [5, 5.41) is 7.93. The molecular formula is C15H24ClN3O3S. The summed E-state index contributed by atoms with van der Waals surface area (Å²) in [6.45, 7) is 0.523. The zero-order valence-corrected chi connectivity index (χ0v) is 14.5. The molecule has 23 heavy (non-hydrogen) atoms. The van der Waals surface area contributed by atoms with Crippen LogP contribution in [-0.2, 0) is 21.2 Å². The predicted molar refractivity (Wildman–Crippen MR) is 91.7 cm³/mol. The lowest BCUT2D eigenvalue weighted by molar-refractivity contribution is -0.122. The summed E-state index contributed by atoms with van der Waals surface area (Å²) >= 11 is 0. The van der Waals surface area contributed by atoms with Crippen molar-refractivity contribution < 1.29 is 13.2 Å². The van der Waals surface area contributed by atoms with Crippen molar-refractivity contribution in [1.82, 2.24) is 5.32 Å². The van der Waals surface area contributed by atoms with Crippen LogP contribution >= 0.6 is 12.4 Å². The Bertz CT molecular complexity index is 619. The molecule has 1 amide bonds. The lowest BCUT2D eigenvalue weighted by Gasteiger charge is -2.14. The van der Waals surface area contributed by atoms with Gasteiger partial charge in [-0.15, -0.1) is 12.4 Å². The number of hydrogen-bond donors (Lipinski definition) is 3.